The zero-order valence-corrected chi connectivity index (χ0v) is 8.74. The van der Waals surface area contributed by atoms with Crippen LogP contribution in [0, 0.1) is 0 Å². The molecule has 16 heavy (non-hydrogen) atoms. The summed E-state index contributed by atoms with van der Waals surface area (Å²) < 4.78 is 29.5. The number of benzene rings is 1. The van der Waals surface area contributed by atoms with Crippen molar-refractivity contribution in [2.24, 2.45) is 0 Å². The number of methoxy groups -OCH3 is 1. The number of rotatable bonds is 4. The number of carbonyl (C=O) groups is 1. The highest BCUT2D eigenvalue weighted by atomic mass is 19.3. The summed E-state index contributed by atoms with van der Waals surface area (Å²) in [6.45, 7) is 0. The van der Waals surface area contributed by atoms with Crippen molar-refractivity contribution < 1.29 is 23.4 Å². The fourth-order valence-electron chi connectivity index (χ4n) is 1.36. The van der Waals surface area contributed by atoms with Gasteiger partial charge in [0.2, 0.25) is 0 Å². The summed E-state index contributed by atoms with van der Waals surface area (Å²) in [4.78, 5) is 10.9. The first-order valence-corrected chi connectivity index (χ1v) is 4.71. The van der Waals surface area contributed by atoms with E-state index in [-0.39, 0.29) is 29.7 Å². The second-order valence-corrected chi connectivity index (χ2v) is 3.26. The van der Waals surface area contributed by atoms with Gasteiger partial charge in [-0.1, -0.05) is 0 Å². The molecule has 0 saturated heterocycles. The Hall–Kier alpha value is -1.65. The average molecular weight is 230 g/mol. The molecule has 0 unspecified atom stereocenters. The molecule has 0 aliphatic carbocycles. The summed E-state index contributed by atoms with van der Waals surface area (Å²) in [5.41, 5.74) is 0.0992. The summed E-state index contributed by atoms with van der Waals surface area (Å²) in [6, 6.07) is 3.60. The first-order valence-electron chi connectivity index (χ1n) is 4.71. The van der Waals surface area contributed by atoms with Crippen LogP contribution in [0.25, 0.3) is 0 Å². The van der Waals surface area contributed by atoms with Crippen LogP contribution in [0.4, 0.5) is 8.78 Å². The number of hydrogen-bond donors (Lipinski definition) is 1. The Morgan fingerprint density at radius 3 is 2.75 bits per heavy atom. The molecule has 0 atom stereocenters. The van der Waals surface area contributed by atoms with Crippen LogP contribution in [0.1, 0.15) is 24.0 Å². The Bertz CT molecular complexity index is 377. The number of esters is 1. The second kappa shape index (κ2) is 5.44. The van der Waals surface area contributed by atoms with Crippen LogP contribution in [-0.2, 0) is 16.0 Å². The highest BCUT2D eigenvalue weighted by Crippen LogP contribution is 2.27. The number of ether oxygens (including phenoxy) is 1. The molecule has 0 saturated carbocycles. The van der Waals surface area contributed by atoms with Crippen LogP contribution >= 0.6 is 0 Å². The minimum absolute atomic E-state index is 0.0136. The van der Waals surface area contributed by atoms with Crippen molar-refractivity contribution in [2.45, 2.75) is 19.3 Å². The second-order valence-electron chi connectivity index (χ2n) is 3.26. The van der Waals surface area contributed by atoms with E-state index in [4.69, 9.17) is 0 Å². The molecule has 0 aliphatic heterocycles. The van der Waals surface area contributed by atoms with E-state index in [1.54, 1.807) is 0 Å². The maximum absolute atomic E-state index is 12.6. The molecule has 0 aliphatic rings. The zero-order chi connectivity index (χ0) is 12.1. The van der Waals surface area contributed by atoms with E-state index in [1.165, 1.54) is 19.2 Å². The summed E-state index contributed by atoms with van der Waals surface area (Å²) >= 11 is 0. The Balaban J connectivity index is 2.84. The Morgan fingerprint density at radius 2 is 2.19 bits per heavy atom. The van der Waals surface area contributed by atoms with Gasteiger partial charge in [0.25, 0.3) is 6.43 Å². The number of halogens is 2. The molecule has 0 fully saturated rings. The van der Waals surface area contributed by atoms with Crippen LogP contribution in [0.5, 0.6) is 5.75 Å². The van der Waals surface area contributed by atoms with Gasteiger partial charge in [0.05, 0.1) is 7.11 Å². The van der Waals surface area contributed by atoms with Gasteiger partial charge in [-0.25, -0.2) is 8.78 Å². The van der Waals surface area contributed by atoms with Crippen LogP contribution in [0.2, 0.25) is 0 Å². The lowest BCUT2D eigenvalue weighted by Crippen LogP contribution is -2.03. The van der Waals surface area contributed by atoms with E-state index >= 15 is 0 Å². The highest BCUT2D eigenvalue weighted by Gasteiger charge is 2.14. The van der Waals surface area contributed by atoms with Gasteiger partial charge in [0.1, 0.15) is 5.75 Å². The molecular formula is C11H12F2O3. The first-order chi connectivity index (χ1) is 7.54. The maximum atomic E-state index is 12.6. The summed E-state index contributed by atoms with van der Waals surface area (Å²) in [6.07, 6.45) is -2.48. The molecule has 0 bridgehead atoms. The van der Waals surface area contributed by atoms with Crippen molar-refractivity contribution in [3.05, 3.63) is 29.3 Å². The number of aromatic hydroxyl groups is 1. The van der Waals surface area contributed by atoms with Crippen LogP contribution in [-0.4, -0.2) is 18.2 Å². The van der Waals surface area contributed by atoms with Crippen molar-refractivity contribution in [3.63, 3.8) is 0 Å². The number of phenols is 1. The molecule has 3 nitrogen and oxygen atoms in total. The molecule has 0 aromatic heterocycles. The van der Waals surface area contributed by atoms with Gasteiger partial charge in [0, 0.05) is 12.0 Å². The Morgan fingerprint density at radius 1 is 1.50 bits per heavy atom. The van der Waals surface area contributed by atoms with Gasteiger partial charge in [-0.15, -0.1) is 0 Å². The van der Waals surface area contributed by atoms with E-state index in [1.807, 2.05) is 0 Å². The lowest BCUT2D eigenvalue weighted by Gasteiger charge is -2.08. The molecular weight excluding hydrogens is 218 g/mol. The smallest absolute Gasteiger partial charge is 0.305 e. The SMILES string of the molecule is COC(=O)CCc1cc(O)ccc1C(F)F. The van der Waals surface area contributed by atoms with Crippen molar-refractivity contribution in [2.75, 3.05) is 7.11 Å². The number of aryl methyl sites for hydroxylation is 1. The topological polar surface area (TPSA) is 46.5 Å². The molecule has 5 heteroatoms. The van der Waals surface area contributed by atoms with Crippen LogP contribution in [0.3, 0.4) is 0 Å². The molecule has 0 spiro atoms. The minimum atomic E-state index is -2.62. The van der Waals surface area contributed by atoms with Gasteiger partial charge in [-0.3, -0.25) is 4.79 Å². The van der Waals surface area contributed by atoms with E-state index in [9.17, 15) is 18.7 Å². The summed E-state index contributed by atoms with van der Waals surface area (Å²) in [5, 5.41) is 9.18. The third-order valence-corrected chi connectivity index (χ3v) is 2.19. The van der Waals surface area contributed by atoms with Gasteiger partial charge >= 0.3 is 5.97 Å². The third kappa shape index (κ3) is 3.18. The van der Waals surface area contributed by atoms with Crippen molar-refractivity contribution >= 4 is 5.97 Å². The van der Waals surface area contributed by atoms with E-state index in [2.05, 4.69) is 4.74 Å². The first kappa shape index (κ1) is 12.4. The fraction of sp³-hybridized carbons (Fsp3) is 0.364. The summed E-state index contributed by atoms with van der Waals surface area (Å²) in [7, 11) is 1.23. The fourth-order valence-corrected chi connectivity index (χ4v) is 1.36. The molecule has 1 N–H and O–H groups in total. The highest BCUT2D eigenvalue weighted by molar-refractivity contribution is 5.69. The van der Waals surface area contributed by atoms with Crippen LogP contribution < -0.4 is 0 Å². The number of phenolic OH excluding ortho intramolecular Hbond substituents is 1. The maximum Gasteiger partial charge on any atom is 0.305 e. The third-order valence-electron chi connectivity index (χ3n) is 2.19. The van der Waals surface area contributed by atoms with Gasteiger partial charge in [0.15, 0.2) is 0 Å². The lowest BCUT2D eigenvalue weighted by atomic mass is 10.0. The standard InChI is InChI=1S/C11H12F2O3/c1-16-10(15)5-2-7-6-8(14)3-4-9(7)11(12)13/h3-4,6,11,14H,2,5H2,1H3. The number of hydrogen-bond acceptors (Lipinski definition) is 3. The molecule has 0 heterocycles. The quantitative estimate of drug-likeness (QED) is 0.808. The lowest BCUT2D eigenvalue weighted by molar-refractivity contribution is -0.140. The molecule has 1 aromatic carbocycles. The molecule has 0 amide bonds. The van der Waals surface area contributed by atoms with Gasteiger partial charge in [-0.05, 0) is 30.2 Å². The molecule has 1 rings (SSSR count). The van der Waals surface area contributed by atoms with E-state index < -0.39 is 12.4 Å². The predicted octanol–water partition coefficient (Wildman–Crippen LogP) is 2.44. The van der Waals surface area contributed by atoms with Crippen molar-refractivity contribution in [3.8, 4) is 5.75 Å². The normalized spacial score (nSPS) is 10.5. The molecule has 1 aromatic rings. The summed E-state index contributed by atoms with van der Waals surface area (Å²) in [5.74, 6) is -0.562. The van der Waals surface area contributed by atoms with E-state index in [0.29, 0.717) is 0 Å². The largest absolute Gasteiger partial charge is 0.508 e. The van der Waals surface area contributed by atoms with Gasteiger partial charge < -0.3 is 9.84 Å². The van der Waals surface area contributed by atoms with Crippen LogP contribution in [0.15, 0.2) is 18.2 Å². The molecule has 88 valence electrons. The van der Waals surface area contributed by atoms with E-state index in [0.717, 1.165) is 6.07 Å². The predicted molar refractivity (Wildman–Crippen MR) is 53.4 cm³/mol. The number of alkyl halides is 2. The Kier molecular flexibility index (Phi) is 4.22. The van der Waals surface area contributed by atoms with Crippen molar-refractivity contribution in [1.82, 2.24) is 0 Å². The van der Waals surface area contributed by atoms with Crippen molar-refractivity contribution in [1.29, 1.82) is 0 Å². The zero-order valence-electron chi connectivity index (χ0n) is 8.74. The monoisotopic (exact) mass is 230 g/mol. The Labute approximate surface area is 91.7 Å². The molecule has 0 radical (unpaired) electrons. The van der Waals surface area contributed by atoms with Gasteiger partial charge in [-0.2, -0.15) is 0 Å². The number of carbonyl (C=O) groups excluding carboxylic acids is 1. The average Bonchev–Trinajstić information content (AvgIpc) is 2.25. The minimum Gasteiger partial charge on any atom is -0.508 e.